The van der Waals surface area contributed by atoms with E-state index in [0.717, 1.165) is 6.61 Å². The molecule has 1 N–H and O–H groups in total. The number of ether oxygens (including phenoxy) is 1. The van der Waals surface area contributed by atoms with Crippen LogP contribution in [0, 0.1) is 17.3 Å². The fourth-order valence-electron chi connectivity index (χ4n) is 1.84. The molecule has 0 aromatic rings. The summed E-state index contributed by atoms with van der Waals surface area (Å²) >= 11 is 0. The van der Waals surface area contributed by atoms with E-state index in [4.69, 9.17) is 4.74 Å². The Morgan fingerprint density at radius 2 is 2.00 bits per heavy atom. The number of carboxylic acid groups (broad SMARTS) is 1. The Morgan fingerprint density at radius 3 is 2.45 bits per heavy atom. The van der Waals surface area contributed by atoms with Gasteiger partial charge < -0.3 is 14.7 Å². The number of aliphatic carboxylic acids is 1. The summed E-state index contributed by atoms with van der Waals surface area (Å²) in [5.74, 6) is -0.437. The van der Waals surface area contributed by atoms with Crippen molar-refractivity contribution >= 4 is 11.9 Å². The second-order valence-corrected chi connectivity index (χ2v) is 6.39. The van der Waals surface area contributed by atoms with Gasteiger partial charge in [0, 0.05) is 26.6 Å². The second kappa shape index (κ2) is 7.07. The molecule has 0 aromatic carbocycles. The zero-order valence-corrected chi connectivity index (χ0v) is 13.0. The summed E-state index contributed by atoms with van der Waals surface area (Å²) in [6.07, 6.45) is 2.53. The highest BCUT2D eigenvalue weighted by Crippen LogP contribution is 2.32. The summed E-state index contributed by atoms with van der Waals surface area (Å²) in [4.78, 5) is 25.0. The van der Waals surface area contributed by atoms with E-state index in [1.807, 2.05) is 13.8 Å². The van der Waals surface area contributed by atoms with Gasteiger partial charge >= 0.3 is 5.97 Å². The number of carbonyl (C=O) groups excluding carboxylic acids is 1. The summed E-state index contributed by atoms with van der Waals surface area (Å²) in [7, 11) is 1.70. The van der Waals surface area contributed by atoms with Crippen molar-refractivity contribution in [3.05, 3.63) is 0 Å². The molecule has 0 spiro atoms. The monoisotopic (exact) mass is 285 g/mol. The molecule has 0 aliphatic heterocycles. The Balaban J connectivity index is 2.36. The Kier molecular flexibility index (Phi) is 5.99. The van der Waals surface area contributed by atoms with Gasteiger partial charge in [0.15, 0.2) is 0 Å². The molecular weight excluding hydrogens is 258 g/mol. The summed E-state index contributed by atoms with van der Waals surface area (Å²) in [6, 6.07) is 0. The number of nitrogens with zero attached hydrogens (tertiary/aromatic N) is 1. The maximum atomic E-state index is 12.1. The van der Waals surface area contributed by atoms with Gasteiger partial charge in [0.25, 0.3) is 0 Å². The third-order valence-electron chi connectivity index (χ3n) is 4.33. The van der Waals surface area contributed by atoms with Crippen LogP contribution in [0.15, 0.2) is 0 Å². The topological polar surface area (TPSA) is 66.8 Å². The third-order valence-corrected chi connectivity index (χ3v) is 4.33. The van der Waals surface area contributed by atoms with Crippen molar-refractivity contribution in [2.75, 3.05) is 26.8 Å². The molecule has 5 nitrogen and oxygen atoms in total. The highest BCUT2D eigenvalue weighted by atomic mass is 16.5. The molecule has 20 heavy (non-hydrogen) atoms. The molecule has 0 radical (unpaired) electrons. The highest BCUT2D eigenvalue weighted by Gasteiger charge is 2.39. The van der Waals surface area contributed by atoms with Gasteiger partial charge in [0.05, 0.1) is 12.0 Å². The lowest BCUT2D eigenvalue weighted by Crippen LogP contribution is -2.40. The lowest BCUT2D eigenvalue weighted by molar-refractivity contribution is -0.155. The average Bonchev–Trinajstić information content (AvgIpc) is 3.17. The summed E-state index contributed by atoms with van der Waals surface area (Å²) in [5, 5.41) is 9.32. The van der Waals surface area contributed by atoms with Crippen molar-refractivity contribution < 1.29 is 19.4 Å². The van der Waals surface area contributed by atoms with E-state index in [1.54, 1.807) is 18.9 Å². The SMILES string of the molecule is CC(C)C(C)(CC(=O)N(C)CCOCC1CC1)C(=O)O. The lowest BCUT2D eigenvalue weighted by atomic mass is 9.76. The molecule has 0 heterocycles. The number of rotatable bonds is 9. The molecule has 0 bridgehead atoms. The van der Waals surface area contributed by atoms with Crippen LogP contribution in [-0.4, -0.2) is 48.7 Å². The lowest BCUT2D eigenvalue weighted by Gasteiger charge is -2.30. The van der Waals surface area contributed by atoms with Crippen LogP contribution in [0.1, 0.15) is 40.0 Å². The molecule has 0 saturated heterocycles. The molecule has 1 saturated carbocycles. The van der Waals surface area contributed by atoms with Crippen LogP contribution in [0.4, 0.5) is 0 Å². The summed E-state index contributed by atoms with van der Waals surface area (Å²) in [5.41, 5.74) is -1.01. The highest BCUT2D eigenvalue weighted by molar-refractivity contribution is 5.84. The molecule has 1 rings (SSSR count). The molecule has 0 aromatic heterocycles. The Bertz CT molecular complexity index is 352. The van der Waals surface area contributed by atoms with Crippen LogP contribution in [-0.2, 0) is 14.3 Å². The Hall–Kier alpha value is -1.10. The first-order valence-corrected chi connectivity index (χ1v) is 7.32. The van der Waals surface area contributed by atoms with Gasteiger partial charge in [-0.25, -0.2) is 0 Å². The van der Waals surface area contributed by atoms with E-state index >= 15 is 0 Å². The van der Waals surface area contributed by atoms with Gasteiger partial charge in [0.2, 0.25) is 5.91 Å². The summed E-state index contributed by atoms with van der Waals surface area (Å²) in [6.45, 7) is 7.11. The molecule has 1 atom stereocenters. The van der Waals surface area contributed by atoms with Crippen molar-refractivity contribution in [3.8, 4) is 0 Å². The van der Waals surface area contributed by atoms with Crippen LogP contribution >= 0.6 is 0 Å². The molecule has 5 heteroatoms. The minimum atomic E-state index is -1.01. The molecule has 116 valence electrons. The Morgan fingerprint density at radius 1 is 1.40 bits per heavy atom. The molecule has 1 unspecified atom stereocenters. The fraction of sp³-hybridized carbons (Fsp3) is 0.867. The molecular formula is C15H27NO4. The summed E-state index contributed by atoms with van der Waals surface area (Å²) < 4.78 is 5.49. The maximum Gasteiger partial charge on any atom is 0.310 e. The van der Waals surface area contributed by atoms with Crippen LogP contribution in [0.25, 0.3) is 0 Å². The first-order valence-electron chi connectivity index (χ1n) is 7.32. The Labute approximate surface area is 121 Å². The normalized spacial score (nSPS) is 17.9. The van der Waals surface area contributed by atoms with E-state index in [2.05, 4.69) is 0 Å². The van der Waals surface area contributed by atoms with E-state index in [0.29, 0.717) is 19.1 Å². The zero-order valence-electron chi connectivity index (χ0n) is 13.0. The number of carboxylic acids is 1. The van der Waals surface area contributed by atoms with Gasteiger partial charge in [-0.15, -0.1) is 0 Å². The molecule has 1 fully saturated rings. The van der Waals surface area contributed by atoms with Crippen LogP contribution in [0.2, 0.25) is 0 Å². The van der Waals surface area contributed by atoms with Crippen molar-refractivity contribution in [3.63, 3.8) is 0 Å². The van der Waals surface area contributed by atoms with Crippen molar-refractivity contribution in [1.82, 2.24) is 4.90 Å². The minimum absolute atomic E-state index is 0.0269. The van der Waals surface area contributed by atoms with Crippen molar-refractivity contribution in [2.45, 2.75) is 40.0 Å². The number of hydrogen-bond acceptors (Lipinski definition) is 3. The quantitative estimate of drug-likeness (QED) is 0.658. The number of carbonyl (C=O) groups is 2. The standard InChI is InChI=1S/C15H27NO4/c1-11(2)15(3,14(18)19)9-13(17)16(4)7-8-20-10-12-5-6-12/h11-12H,5-10H2,1-4H3,(H,18,19). The zero-order chi connectivity index (χ0) is 15.3. The van der Waals surface area contributed by atoms with Crippen LogP contribution in [0.5, 0.6) is 0 Å². The average molecular weight is 285 g/mol. The van der Waals surface area contributed by atoms with Gasteiger partial charge in [-0.3, -0.25) is 9.59 Å². The van der Waals surface area contributed by atoms with Gasteiger partial charge in [0.1, 0.15) is 0 Å². The van der Waals surface area contributed by atoms with E-state index in [1.165, 1.54) is 12.8 Å². The minimum Gasteiger partial charge on any atom is -0.481 e. The van der Waals surface area contributed by atoms with Gasteiger partial charge in [-0.2, -0.15) is 0 Å². The third kappa shape index (κ3) is 4.78. The van der Waals surface area contributed by atoms with Gasteiger partial charge in [-0.05, 0) is 31.6 Å². The molecule has 1 aliphatic carbocycles. The largest absolute Gasteiger partial charge is 0.481 e. The second-order valence-electron chi connectivity index (χ2n) is 6.39. The van der Waals surface area contributed by atoms with Crippen LogP contribution < -0.4 is 0 Å². The number of amides is 1. The fourth-order valence-corrected chi connectivity index (χ4v) is 1.84. The smallest absolute Gasteiger partial charge is 0.310 e. The van der Waals surface area contributed by atoms with E-state index < -0.39 is 11.4 Å². The van der Waals surface area contributed by atoms with E-state index in [9.17, 15) is 14.7 Å². The van der Waals surface area contributed by atoms with Crippen LogP contribution in [0.3, 0.4) is 0 Å². The molecule has 1 amide bonds. The number of hydrogen-bond donors (Lipinski definition) is 1. The van der Waals surface area contributed by atoms with Gasteiger partial charge in [-0.1, -0.05) is 13.8 Å². The maximum absolute atomic E-state index is 12.1. The van der Waals surface area contributed by atoms with Crippen molar-refractivity contribution in [1.29, 1.82) is 0 Å². The van der Waals surface area contributed by atoms with Crippen molar-refractivity contribution in [2.24, 2.45) is 17.3 Å². The van der Waals surface area contributed by atoms with E-state index in [-0.39, 0.29) is 18.2 Å². The molecule has 1 aliphatic rings. The number of likely N-dealkylation sites (N-methyl/N-ethyl adjacent to an activating group) is 1. The first kappa shape index (κ1) is 17.0. The first-order chi connectivity index (χ1) is 9.27. The predicted molar refractivity (Wildman–Crippen MR) is 76.4 cm³/mol. The predicted octanol–water partition coefficient (Wildman–Crippen LogP) is 2.01.